The predicted octanol–water partition coefficient (Wildman–Crippen LogP) is 3.74. The van der Waals surface area contributed by atoms with E-state index in [0.717, 1.165) is 29.8 Å². The minimum atomic E-state index is -0.696. The van der Waals surface area contributed by atoms with E-state index in [9.17, 15) is 20.0 Å². The third-order valence-corrected chi connectivity index (χ3v) is 6.97. The SMILES string of the molecule is CC(C)(C)[C@@H]1CCc2c(sc3c2C(=O)N[C@@H](c2ccc([O-])c([N+](=O)[O-])c2)N3)C1. The third kappa shape index (κ3) is 3.11. The topological polar surface area (TPSA) is 107 Å². The Bertz CT molecular complexity index is 977. The van der Waals surface area contributed by atoms with Crippen LogP contribution in [0, 0.1) is 21.4 Å². The van der Waals surface area contributed by atoms with Gasteiger partial charge in [0.05, 0.1) is 10.5 Å². The van der Waals surface area contributed by atoms with Crippen LogP contribution in [0.5, 0.6) is 5.75 Å². The van der Waals surface area contributed by atoms with Gasteiger partial charge in [0.1, 0.15) is 11.2 Å². The second kappa shape index (κ2) is 6.48. The van der Waals surface area contributed by atoms with Crippen LogP contribution in [-0.2, 0) is 12.8 Å². The first-order valence-corrected chi connectivity index (χ1v) is 10.1. The molecule has 148 valence electrons. The first-order valence-electron chi connectivity index (χ1n) is 9.32. The van der Waals surface area contributed by atoms with Gasteiger partial charge in [-0.25, -0.2) is 0 Å². The molecule has 0 spiro atoms. The molecule has 8 heteroatoms. The number of amides is 1. The average Bonchev–Trinajstić information content (AvgIpc) is 2.99. The van der Waals surface area contributed by atoms with Crippen molar-refractivity contribution >= 4 is 27.9 Å². The summed E-state index contributed by atoms with van der Waals surface area (Å²) < 4.78 is 0. The zero-order chi connectivity index (χ0) is 20.2. The molecule has 0 bridgehead atoms. The smallest absolute Gasteiger partial charge is 0.262 e. The average molecular weight is 400 g/mol. The number of benzene rings is 1. The minimum Gasteiger partial charge on any atom is -0.868 e. The molecule has 1 amide bonds. The predicted molar refractivity (Wildman–Crippen MR) is 106 cm³/mol. The zero-order valence-electron chi connectivity index (χ0n) is 16.0. The Morgan fingerprint density at radius 1 is 1.25 bits per heavy atom. The largest absolute Gasteiger partial charge is 0.868 e. The zero-order valence-corrected chi connectivity index (χ0v) is 16.8. The van der Waals surface area contributed by atoms with Gasteiger partial charge in [-0.05, 0) is 41.9 Å². The number of hydrogen-bond donors (Lipinski definition) is 2. The van der Waals surface area contributed by atoms with Gasteiger partial charge in [0.25, 0.3) is 11.6 Å². The normalized spacial score (nSPS) is 21.3. The summed E-state index contributed by atoms with van der Waals surface area (Å²) in [5.74, 6) is -0.234. The quantitative estimate of drug-likeness (QED) is 0.590. The molecule has 0 fully saturated rings. The molecule has 2 atom stereocenters. The van der Waals surface area contributed by atoms with E-state index in [-0.39, 0.29) is 11.3 Å². The molecule has 1 aromatic carbocycles. The molecule has 28 heavy (non-hydrogen) atoms. The van der Waals surface area contributed by atoms with Crippen molar-refractivity contribution in [1.82, 2.24) is 5.32 Å². The maximum atomic E-state index is 12.8. The summed E-state index contributed by atoms with van der Waals surface area (Å²) >= 11 is 1.61. The van der Waals surface area contributed by atoms with Gasteiger partial charge in [-0.3, -0.25) is 14.9 Å². The Hall–Kier alpha value is -2.61. The lowest BCUT2D eigenvalue weighted by Gasteiger charge is -2.34. The highest BCUT2D eigenvalue weighted by Crippen LogP contribution is 2.46. The Morgan fingerprint density at radius 2 is 2.00 bits per heavy atom. The molecule has 0 saturated heterocycles. The highest BCUT2D eigenvalue weighted by molar-refractivity contribution is 7.16. The summed E-state index contributed by atoms with van der Waals surface area (Å²) in [5.41, 5.74) is 2.06. The van der Waals surface area contributed by atoms with E-state index in [0.29, 0.717) is 17.0 Å². The van der Waals surface area contributed by atoms with Crippen LogP contribution in [-0.4, -0.2) is 10.8 Å². The van der Waals surface area contributed by atoms with E-state index in [2.05, 4.69) is 31.4 Å². The van der Waals surface area contributed by atoms with E-state index in [4.69, 9.17) is 0 Å². The maximum Gasteiger partial charge on any atom is 0.262 e. The van der Waals surface area contributed by atoms with Crippen LogP contribution in [0.2, 0.25) is 0 Å². The summed E-state index contributed by atoms with van der Waals surface area (Å²) in [7, 11) is 0. The van der Waals surface area contributed by atoms with Crippen molar-refractivity contribution in [3.05, 3.63) is 49.9 Å². The first-order chi connectivity index (χ1) is 13.1. The number of rotatable bonds is 2. The number of anilines is 1. The van der Waals surface area contributed by atoms with Crippen LogP contribution in [0.1, 0.15) is 59.7 Å². The lowest BCUT2D eigenvalue weighted by Crippen LogP contribution is -2.38. The van der Waals surface area contributed by atoms with E-state index in [1.165, 1.54) is 23.1 Å². The molecule has 1 aromatic heterocycles. The molecule has 0 unspecified atom stereocenters. The van der Waals surface area contributed by atoms with E-state index in [1.54, 1.807) is 11.3 Å². The number of nitro benzene ring substituents is 1. The summed E-state index contributed by atoms with van der Waals surface area (Å²) in [5, 5.41) is 29.7. The lowest BCUT2D eigenvalue weighted by atomic mass is 9.72. The van der Waals surface area contributed by atoms with Crippen LogP contribution >= 0.6 is 11.3 Å². The molecular formula is C20H22N3O4S-. The second-order valence-electron chi connectivity index (χ2n) is 8.55. The number of fused-ring (bicyclic) bond motifs is 3. The van der Waals surface area contributed by atoms with Crippen molar-refractivity contribution in [2.24, 2.45) is 11.3 Å². The summed E-state index contributed by atoms with van der Waals surface area (Å²) in [6, 6.07) is 3.92. The van der Waals surface area contributed by atoms with Crippen LogP contribution in [0.25, 0.3) is 0 Å². The first kappa shape index (κ1) is 18.7. The van der Waals surface area contributed by atoms with Gasteiger partial charge in [-0.15, -0.1) is 11.3 Å². The lowest BCUT2D eigenvalue weighted by molar-refractivity contribution is -0.398. The number of nitrogens with one attached hydrogen (secondary N) is 2. The third-order valence-electron chi connectivity index (χ3n) is 5.78. The van der Waals surface area contributed by atoms with Gasteiger partial charge in [-0.1, -0.05) is 32.9 Å². The van der Waals surface area contributed by atoms with E-state index in [1.807, 2.05) is 0 Å². The van der Waals surface area contributed by atoms with Gasteiger partial charge in [-0.2, -0.15) is 0 Å². The molecule has 2 N–H and O–H groups in total. The standard InChI is InChI=1S/C20H23N3O4S/c1-20(2,3)11-5-6-12-15(9-11)28-19-16(12)18(25)21-17(22-19)10-4-7-14(24)13(8-10)23(26)27/h4,7-8,11,17,22,24H,5-6,9H2,1-3H3,(H,21,25)/p-1/t11-,17-/m1/s1. The fourth-order valence-corrected chi connectivity index (χ4v) is 5.41. The number of carbonyl (C=O) groups is 1. The Kier molecular flexibility index (Phi) is 4.33. The Balaban J connectivity index is 1.65. The molecule has 2 aromatic rings. The molecule has 7 nitrogen and oxygen atoms in total. The molecule has 4 rings (SSSR count). The van der Waals surface area contributed by atoms with Crippen molar-refractivity contribution in [2.75, 3.05) is 5.32 Å². The van der Waals surface area contributed by atoms with Crippen molar-refractivity contribution in [1.29, 1.82) is 0 Å². The molecule has 0 saturated carbocycles. The van der Waals surface area contributed by atoms with Crippen molar-refractivity contribution in [3.63, 3.8) is 0 Å². The number of nitro groups is 1. The molecular weight excluding hydrogens is 378 g/mol. The summed E-state index contributed by atoms with van der Waals surface area (Å²) in [6.45, 7) is 6.76. The van der Waals surface area contributed by atoms with E-state index < -0.39 is 22.5 Å². The highest BCUT2D eigenvalue weighted by atomic mass is 32.1. The molecule has 1 aliphatic heterocycles. The fraction of sp³-hybridized carbons (Fsp3) is 0.450. The van der Waals surface area contributed by atoms with Gasteiger partial charge in [0, 0.05) is 16.5 Å². The van der Waals surface area contributed by atoms with Crippen LogP contribution in [0.15, 0.2) is 18.2 Å². The molecule has 2 heterocycles. The number of carbonyl (C=O) groups excluding carboxylic acids is 1. The molecule has 2 aliphatic rings. The van der Waals surface area contributed by atoms with Crippen molar-refractivity contribution in [2.45, 2.75) is 46.2 Å². The Labute approximate surface area is 166 Å². The van der Waals surface area contributed by atoms with Gasteiger partial charge in [0.15, 0.2) is 0 Å². The monoisotopic (exact) mass is 400 g/mol. The van der Waals surface area contributed by atoms with Gasteiger partial charge < -0.3 is 15.7 Å². The second-order valence-corrected chi connectivity index (χ2v) is 9.65. The number of nitrogens with zero attached hydrogens (tertiary/aromatic N) is 1. The van der Waals surface area contributed by atoms with Gasteiger partial charge >= 0.3 is 0 Å². The Morgan fingerprint density at radius 3 is 2.68 bits per heavy atom. The minimum absolute atomic E-state index is 0.167. The van der Waals surface area contributed by atoms with Crippen molar-refractivity contribution < 1.29 is 14.8 Å². The number of hydrogen-bond acceptors (Lipinski definition) is 6. The van der Waals surface area contributed by atoms with Crippen LogP contribution in [0.4, 0.5) is 10.7 Å². The number of thiophene rings is 1. The van der Waals surface area contributed by atoms with E-state index >= 15 is 0 Å². The van der Waals surface area contributed by atoms with Gasteiger partial charge in [0.2, 0.25) is 0 Å². The van der Waals surface area contributed by atoms with Crippen molar-refractivity contribution in [3.8, 4) is 5.75 Å². The fourth-order valence-electron chi connectivity index (χ4n) is 4.06. The molecule has 1 aliphatic carbocycles. The van der Waals surface area contributed by atoms with Crippen LogP contribution < -0.4 is 15.7 Å². The summed E-state index contributed by atoms with van der Waals surface area (Å²) in [6.07, 6.45) is 2.32. The molecule has 0 radical (unpaired) electrons. The highest BCUT2D eigenvalue weighted by Gasteiger charge is 2.36. The summed E-state index contributed by atoms with van der Waals surface area (Å²) in [4.78, 5) is 24.4. The maximum absolute atomic E-state index is 12.8. The van der Waals surface area contributed by atoms with Crippen LogP contribution in [0.3, 0.4) is 0 Å².